The van der Waals surface area contributed by atoms with E-state index >= 15 is 0 Å². The molecule has 9 heteroatoms. The largest absolute Gasteiger partial charge is 0.324 e. The van der Waals surface area contributed by atoms with E-state index in [2.05, 4.69) is 18.5 Å². The smallest absolute Gasteiger partial charge is 0.251 e. The molecule has 0 fully saturated rings. The summed E-state index contributed by atoms with van der Waals surface area (Å²) in [6.45, 7) is 6.13. The topological polar surface area (TPSA) is 105 Å². The van der Waals surface area contributed by atoms with Crippen molar-refractivity contribution >= 4 is 27.9 Å². The number of alkyl halides is 1. The number of halogens is 1. The van der Waals surface area contributed by atoms with Crippen molar-refractivity contribution in [3.05, 3.63) is 90.5 Å². The Morgan fingerprint density at radius 1 is 1.26 bits per heavy atom. The fourth-order valence-electron chi connectivity index (χ4n) is 3.27. The third-order valence-electron chi connectivity index (χ3n) is 4.95. The molecule has 0 aliphatic carbocycles. The number of aromatic nitrogens is 2. The summed E-state index contributed by atoms with van der Waals surface area (Å²) in [5.74, 6) is 0.816. The van der Waals surface area contributed by atoms with Crippen LogP contribution in [-0.2, 0) is 16.6 Å². The van der Waals surface area contributed by atoms with Gasteiger partial charge in [-0.05, 0) is 28.7 Å². The molecule has 7 nitrogen and oxygen atoms in total. The van der Waals surface area contributed by atoms with Crippen LogP contribution in [0.3, 0.4) is 0 Å². The number of nitrogens with one attached hydrogen (secondary N) is 1. The maximum absolute atomic E-state index is 12.6. The fraction of sp³-hybridized carbons (Fsp3) is 0.240. The standard InChI is InChI=1S/C21H18N4O3S.C4H9Cl/c1-2-21(29(27,28)24-14-22)20-10-16(12-25-15-23-11-18(25)13-26)8-9-19(20)17-6-4-3-5-7-17;1-2-3-4-5/h2-11,13,15,21,24H,1,12H2;2-4H2,1H3. The Labute approximate surface area is 205 Å². The molecular formula is C25H27ClN4O3S. The van der Waals surface area contributed by atoms with E-state index in [1.54, 1.807) is 10.6 Å². The van der Waals surface area contributed by atoms with E-state index < -0.39 is 15.3 Å². The average Bonchev–Trinajstić information content (AvgIpc) is 3.28. The van der Waals surface area contributed by atoms with Crippen molar-refractivity contribution in [3.63, 3.8) is 0 Å². The van der Waals surface area contributed by atoms with Gasteiger partial charge in [0.2, 0.25) is 0 Å². The first kappa shape index (κ1) is 26.8. The summed E-state index contributed by atoms with van der Waals surface area (Å²) >= 11 is 5.30. The summed E-state index contributed by atoms with van der Waals surface area (Å²) in [6, 6.07) is 14.8. The predicted octanol–water partition coefficient (Wildman–Crippen LogP) is 5.06. The zero-order valence-electron chi connectivity index (χ0n) is 18.9. The summed E-state index contributed by atoms with van der Waals surface area (Å²) in [4.78, 5) is 15.1. The zero-order chi connectivity index (χ0) is 25.0. The van der Waals surface area contributed by atoms with E-state index in [9.17, 15) is 13.2 Å². The van der Waals surface area contributed by atoms with Crippen LogP contribution in [0.15, 0.2) is 73.7 Å². The monoisotopic (exact) mass is 498 g/mol. The first-order valence-corrected chi connectivity index (χ1v) is 12.7. The fourth-order valence-corrected chi connectivity index (χ4v) is 4.57. The number of carbonyl (C=O) groups is 1. The number of benzene rings is 2. The van der Waals surface area contributed by atoms with Crippen LogP contribution in [0.25, 0.3) is 11.1 Å². The number of sulfonamides is 1. The first-order chi connectivity index (χ1) is 16.4. The number of hydrogen-bond acceptors (Lipinski definition) is 5. The van der Waals surface area contributed by atoms with E-state index in [-0.39, 0.29) is 0 Å². The van der Waals surface area contributed by atoms with Gasteiger partial charge in [0.05, 0.1) is 12.5 Å². The number of unbranched alkanes of at least 4 members (excludes halogenated alkanes) is 1. The van der Waals surface area contributed by atoms with Crippen molar-refractivity contribution < 1.29 is 13.2 Å². The van der Waals surface area contributed by atoms with Crippen LogP contribution < -0.4 is 4.72 Å². The van der Waals surface area contributed by atoms with Crippen LogP contribution in [-0.4, -0.2) is 30.1 Å². The molecule has 2 aromatic carbocycles. The Morgan fingerprint density at radius 3 is 2.56 bits per heavy atom. The van der Waals surface area contributed by atoms with Crippen molar-refractivity contribution in [2.75, 3.05) is 5.88 Å². The summed E-state index contributed by atoms with van der Waals surface area (Å²) in [7, 11) is -4.00. The summed E-state index contributed by atoms with van der Waals surface area (Å²) < 4.78 is 28.8. The predicted molar refractivity (Wildman–Crippen MR) is 135 cm³/mol. The highest BCUT2D eigenvalue weighted by Gasteiger charge is 2.27. The van der Waals surface area contributed by atoms with Gasteiger partial charge in [-0.2, -0.15) is 5.26 Å². The molecule has 0 aliphatic rings. The maximum atomic E-state index is 12.6. The van der Waals surface area contributed by atoms with Gasteiger partial charge in [0, 0.05) is 12.4 Å². The van der Waals surface area contributed by atoms with Gasteiger partial charge in [-0.25, -0.2) is 18.1 Å². The second kappa shape index (κ2) is 13.3. The average molecular weight is 499 g/mol. The third-order valence-corrected chi connectivity index (χ3v) is 6.71. The second-order valence-corrected chi connectivity index (χ2v) is 9.49. The van der Waals surface area contributed by atoms with E-state index in [4.69, 9.17) is 16.9 Å². The zero-order valence-corrected chi connectivity index (χ0v) is 20.5. The molecule has 34 heavy (non-hydrogen) atoms. The molecule has 0 spiro atoms. The molecule has 0 bridgehead atoms. The van der Waals surface area contributed by atoms with Gasteiger partial charge in [0.15, 0.2) is 12.5 Å². The van der Waals surface area contributed by atoms with Gasteiger partial charge in [-0.15, -0.1) is 18.2 Å². The Kier molecular flexibility index (Phi) is 10.5. The highest BCUT2D eigenvalue weighted by atomic mass is 35.5. The van der Waals surface area contributed by atoms with Crippen LogP contribution in [0.1, 0.15) is 46.6 Å². The minimum Gasteiger partial charge on any atom is -0.324 e. The van der Waals surface area contributed by atoms with Crippen LogP contribution >= 0.6 is 11.6 Å². The SMILES string of the molecule is C=CC(c1cc(Cn2cncc2C=O)ccc1-c1ccccc1)S(=O)(=O)NC#N.CCCCCl. The molecule has 1 aromatic heterocycles. The maximum Gasteiger partial charge on any atom is 0.251 e. The Bertz CT molecular complexity index is 1230. The van der Waals surface area contributed by atoms with Crippen molar-refractivity contribution in [1.29, 1.82) is 5.26 Å². The molecule has 3 aromatic rings. The Balaban J connectivity index is 0.000000739. The van der Waals surface area contributed by atoms with Gasteiger partial charge in [-0.3, -0.25) is 4.79 Å². The summed E-state index contributed by atoms with van der Waals surface area (Å²) in [5.41, 5.74) is 3.23. The van der Waals surface area contributed by atoms with E-state index in [0.717, 1.165) is 23.4 Å². The van der Waals surface area contributed by atoms with E-state index in [1.807, 2.05) is 47.2 Å². The number of carbonyl (C=O) groups excluding carboxylic acids is 1. The molecule has 1 heterocycles. The normalized spacial score (nSPS) is 11.4. The number of hydrogen-bond donors (Lipinski definition) is 1. The lowest BCUT2D eigenvalue weighted by Crippen LogP contribution is -2.24. The van der Waals surface area contributed by atoms with Gasteiger partial charge in [0.1, 0.15) is 10.9 Å². The van der Waals surface area contributed by atoms with Crippen molar-refractivity contribution in [1.82, 2.24) is 14.3 Å². The van der Waals surface area contributed by atoms with Crippen molar-refractivity contribution in [2.45, 2.75) is 31.6 Å². The second-order valence-electron chi connectivity index (χ2n) is 7.31. The van der Waals surface area contributed by atoms with Crippen LogP contribution in [0.4, 0.5) is 0 Å². The van der Waals surface area contributed by atoms with Crippen LogP contribution in [0.2, 0.25) is 0 Å². The number of nitrogens with zero attached hydrogens (tertiary/aromatic N) is 3. The molecule has 0 radical (unpaired) electrons. The summed E-state index contributed by atoms with van der Waals surface area (Å²) in [5, 5.41) is 7.71. The first-order valence-electron chi connectivity index (χ1n) is 10.6. The van der Waals surface area contributed by atoms with Crippen molar-refractivity contribution in [2.24, 2.45) is 0 Å². The van der Waals surface area contributed by atoms with Crippen molar-refractivity contribution in [3.8, 4) is 17.3 Å². The highest BCUT2D eigenvalue weighted by Crippen LogP contribution is 2.34. The molecule has 1 atom stereocenters. The van der Waals surface area contributed by atoms with Gasteiger partial charge < -0.3 is 4.57 Å². The molecule has 0 amide bonds. The minimum absolute atomic E-state index is 0.339. The summed E-state index contributed by atoms with van der Waals surface area (Å²) in [6.07, 6.45) is 8.84. The third kappa shape index (κ3) is 7.04. The molecule has 0 saturated heterocycles. The molecule has 3 rings (SSSR count). The molecule has 1 unspecified atom stereocenters. The number of rotatable bonds is 10. The van der Waals surface area contributed by atoms with Gasteiger partial charge >= 0.3 is 0 Å². The number of nitriles is 1. The molecule has 1 N–H and O–H groups in total. The highest BCUT2D eigenvalue weighted by molar-refractivity contribution is 7.90. The quantitative estimate of drug-likeness (QED) is 0.138. The molecule has 0 saturated carbocycles. The lowest BCUT2D eigenvalue weighted by Gasteiger charge is -2.19. The van der Waals surface area contributed by atoms with Gasteiger partial charge in [-0.1, -0.05) is 68.0 Å². The van der Waals surface area contributed by atoms with Gasteiger partial charge in [0.25, 0.3) is 10.0 Å². The van der Waals surface area contributed by atoms with Crippen LogP contribution in [0, 0.1) is 11.5 Å². The number of imidazole rings is 1. The van der Waals surface area contributed by atoms with E-state index in [0.29, 0.717) is 29.7 Å². The number of aldehydes is 1. The Hall–Kier alpha value is -3.41. The molecule has 0 aliphatic heterocycles. The van der Waals surface area contributed by atoms with E-state index in [1.165, 1.54) is 31.2 Å². The molecular weight excluding hydrogens is 472 g/mol. The van der Waals surface area contributed by atoms with Crippen LogP contribution in [0.5, 0.6) is 0 Å². The molecule has 178 valence electrons. The lowest BCUT2D eigenvalue weighted by atomic mass is 9.95. The minimum atomic E-state index is -4.00. The lowest BCUT2D eigenvalue weighted by molar-refractivity contribution is 0.111. The Morgan fingerprint density at radius 2 is 2.00 bits per heavy atom.